The van der Waals surface area contributed by atoms with Crippen molar-refractivity contribution in [2.24, 2.45) is 0 Å². The standard InChI is InChI=1S/C43H77O13P/c1-3-5-7-9-11-13-15-17-18-20-21-23-25-27-29-31-36(44)53-33-35(34-54-57(51,52)56-43-41(49)39(47)38(46)40(48)42(43)50)55-37(45)32-30-28-26-24-22-19-16-14-12-10-8-6-4-2/h17-19,21-23,35,38-43,46-50H,3-16,20,24-34H2,1-2H3,(H,51,52)/b18-17+,22-19+,23-21+/t35-,38?,39-,40?,41?,42?,43?/m0/s1. The van der Waals surface area contributed by atoms with Crippen molar-refractivity contribution in [2.75, 3.05) is 13.2 Å². The summed E-state index contributed by atoms with van der Waals surface area (Å²) >= 11 is 0. The zero-order valence-electron chi connectivity index (χ0n) is 34.9. The molecule has 14 heteroatoms. The first-order chi connectivity index (χ1) is 27.4. The van der Waals surface area contributed by atoms with Crippen molar-refractivity contribution >= 4 is 19.8 Å². The lowest BCUT2D eigenvalue weighted by Gasteiger charge is -2.41. The summed E-state index contributed by atoms with van der Waals surface area (Å²) in [6.07, 6.45) is 23.6. The second-order valence-corrected chi connectivity index (χ2v) is 16.6. The van der Waals surface area contributed by atoms with Crippen LogP contribution in [0.5, 0.6) is 0 Å². The number of aliphatic hydroxyl groups is 5. The minimum Gasteiger partial charge on any atom is -0.462 e. The molecule has 332 valence electrons. The Morgan fingerprint density at radius 2 is 0.947 bits per heavy atom. The van der Waals surface area contributed by atoms with Gasteiger partial charge in [-0.2, -0.15) is 0 Å². The lowest BCUT2D eigenvalue weighted by molar-refractivity contribution is -0.220. The maximum absolute atomic E-state index is 12.8. The number of aliphatic hydroxyl groups excluding tert-OH is 5. The van der Waals surface area contributed by atoms with Gasteiger partial charge in [-0.3, -0.25) is 18.6 Å². The van der Waals surface area contributed by atoms with Gasteiger partial charge in [0.15, 0.2) is 6.10 Å². The average molecular weight is 833 g/mol. The highest BCUT2D eigenvalue weighted by atomic mass is 31.2. The molecule has 0 amide bonds. The predicted molar refractivity (Wildman–Crippen MR) is 221 cm³/mol. The van der Waals surface area contributed by atoms with E-state index in [2.05, 4.69) is 50.3 Å². The first-order valence-electron chi connectivity index (χ1n) is 21.8. The van der Waals surface area contributed by atoms with Gasteiger partial charge in [0.25, 0.3) is 0 Å². The van der Waals surface area contributed by atoms with Gasteiger partial charge in [0, 0.05) is 12.8 Å². The molecule has 0 aromatic rings. The molecule has 57 heavy (non-hydrogen) atoms. The lowest BCUT2D eigenvalue weighted by atomic mass is 9.85. The molecule has 1 aliphatic rings. The third kappa shape index (κ3) is 26.7. The van der Waals surface area contributed by atoms with E-state index in [1.807, 2.05) is 0 Å². The quantitative estimate of drug-likeness (QED) is 0.0156. The van der Waals surface area contributed by atoms with Crippen LogP contribution >= 0.6 is 7.82 Å². The van der Waals surface area contributed by atoms with Crippen LogP contribution in [0.1, 0.15) is 168 Å². The Bertz CT molecular complexity index is 1150. The highest BCUT2D eigenvalue weighted by Gasteiger charge is 2.51. The van der Waals surface area contributed by atoms with Crippen LogP contribution in [-0.2, 0) is 32.7 Å². The normalized spacial score (nSPS) is 23.0. The van der Waals surface area contributed by atoms with Crippen molar-refractivity contribution in [3.8, 4) is 0 Å². The number of esters is 2. The first kappa shape index (κ1) is 53.1. The molecule has 1 saturated carbocycles. The number of allylic oxidation sites excluding steroid dienone is 6. The SMILES string of the molecule is CCCCCCCC/C=C/C/C=C/CCCCC(=O)OC[C@@H](COP(=O)(O)OC1C(O)C(O)C(O)[C@H](O)C1O)OC(=O)CCCCC/C=C/CCCCCCCC. The first-order valence-corrected chi connectivity index (χ1v) is 23.3. The summed E-state index contributed by atoms with van der Waals surface area (Å²) in [6.45, 7) is 3.22. The molecule has 0 aromatic heterocycles. The third-order valence-corrected chi connectivity index (χ3v) is 10.9. The molecule has 8 atom stereocenters. The molecule has 6 unspecified atom stereocenters. The van der Waals surface area contributed by atoms with E-state index in [0.29, 0.717) is 12.8 Å². The molecule has 0 bridgehead atoms. The Labute approximate surface area is 342 Å². The Morgan fingerprint density at radius 3 is 1.47 bits per heavy atom. The van der Waals surface area contributed by atoms with Gasteiger partial charge in [-0.1, -0.05) is 121 Å². The maximum Gasteiger partial charge on any atom is 0.472 e. The zero-order chi connectivity index (χ0) is 42.2. The van der Waals surface area contributed by atoms with E-state index in [1.165, 1.54) is 77.0 Å². The Balaban J connectivity index is 2.53. The second-order valence-electron chi connectivity index (χ2n) is 15.2. The monoisotopic (exact) mass is 833 g/mol. The van der Waals surface area contributed by atoms with Crippen LogP contribution in [0, 0.1) is 0 Å². The van der Waals surface area contributed by atoms with E-state index < -0.39 is 75.7 Å². The summed E-state index contributed by atoms with van der Waals surface area (Å²) in [5, 5.41) is 50.0. The number of unbranched alkanes of at least 4 members (excludes halogenated alkanes) is 17. The van der Waals surface area contributed by atoms with Crippen molar-refractivity contribution < 1.29 is 63.1 Å². The summed E-state index contributed by atoms with van der Waals surface area (Å²) < 4.78 is 33.4. The minimum atomic E-state index is -5.12. The number of rotatable bonds is 35. The van der Waals surface area contributed by atoms with Crippen molar-refractivity contribution in [1.29, 1.82) is 0 Å². The molecular formula is C43H77O13P. The highest BCUT2D eigenvalue weighted by molar-refractivity contribution is 7.47. The number of hydrogen-bond acceptors (Lipinski definition) is 12. The van der Waals surface area contributed by atoms with Crippen molar-refractivity contribution in [3.05, 3.63) is 36.5 Å². The van der Waals surface area contributed by atoms with E-state index in [0.717, 1.165) is 51.4 Å². The van der Waals surface area contributed by atoms with E-state index >= 15 is 0 Å². The number of carbonyl (C=O) groups excluding carboxylic acids is 2. The number of phosphoric ester groups is 1. The Morgan fingerprint density at radius 1 is 0.544 bits per heavy atom. The topological polar surface area (TPSA) is 210 Å². The summed E-state index contributed by atoms with van der Waals surface area (Å²) in [5.74, 6) is -1.16. The van der Waals surface area contributed by atoms with E-state index in [4.69, 9.17) is 18.5 Å². The van der Waals surface area contributed by atoms with Crippen LogP contribution in [0.3, 0.4) is 0 Å². The minimum absolute atomic E-state index is 0.0696. The van der Waals surface area contributed by atoms with Crippen LogP contribution in [0.25, 0.3) is 0 Å². The van der Waals surface area contributed by atoms with Gasteiger partial charge < -0.3 is 39.9 Å². The summed E-state index contributed by atoms with van der Waals surface area (Å²) in [5.41, 5.74) is 0. The molecule has 0 aliphatic heterocycles. The number of hydrogen-bond donors (Lipinski definition) is 6. The van der Waals surface area contributed by atoms with Crippen LogP contribution < -0.4 is 0 Å². The highest BCUT2D eigenvalue weighted by Crippen LogP contribution is 2.47. The average Bonchev–Trinajstić information content (AvgIpc) is 3.19. The van der Waals surface area contributed by atoms with Gasteiger partial charge >= 0.3 is 19.8 Å². The number of ether oxygens (including phenoxy) is 2. The van der Waals surface area contributed by atoms with Crippen molar-refractivity contribution in [1.82, 2.24) is 0 Å². The molecule has 1 fully saturated rings. The van der Waals surface area contributed by atoms with Gasteiger partial charge in [-0.05, 0) is 70.6 Å². The van der Waals surface area contributed by atoms with Crippen LogP contribution in [-0.4, -0.2) is 98.3 Å². The van der Waals surface area contributed by atoms with E-state index in [9.17, 15) is 44.6 Å². The van der Waals surface area contributed by atoms with Crippen LogP contribution in [0.15, 0.2) is 36.5 Å². The van der Waals surface area contributed by atoms with Crippen molar-refractivity contribution in [2.45, 2.75) is 211 Å². The molecule has 0 spiro atoms. The molecule has 0 aromatic carbocycles. The van der Waals surface area contributed by atoms with Gasteiger partial charge in [0.1, 0.15) is 43.2 Å². The molecule has 0 radical (unpaired) electrons. The Hall–Kier alpha value is -1.93. The summed E-state index contributed by atoms with van der Waals surface area (Å²) in [7, 11) is -5.12. The van der Waals surface area contributed by atoms with Gasteiger partial charge in [0.05, 0.1) is 6.61 Å². The molecule has 6 N–H and O–H groups in total. The number of carbonyl (C=O) groups is 2. The fourth-order valence-corrected chi connectivity index (χ4v) is 7.34. The van der Waals surface area contributed by atoms with Gasteiger partial charge in [-0.25, -0.2) is 4.57 Å². The second kappa shape index (κ2) is 33.9. The molecule has 1 rings (SSSR count). The predicted octanol–water partition coefficient (Wildman–Crippen LogP) is 7.83. The third-order valence-electron chi connectivity index (χ3n) is 9.95. The molecule has 1 aliphatic carbocycles. The van der Waals surface area contributed by atoms with Crippen molar-refractivity contribution in [3.63, 3.8) is 0 Å². The number of phosphoric acid groups is 1. The maximum atomic E-state index is 12.8. The fraction of sp³-hybridized carbons (Fsp3) is 0.814. The lowest BCUT2D eigenvalue weighted by Crippen LogP contribution is -2.64. The largest absolute Gasteiger partial charge is 0.472 e. The molecule has 0 saturated heterocycles. The summed E-state index contributed by atoms with van der Waals surface area (Å²) in [4.78, 5) is 35.6. The van der Waals surface area contributed by atoms with E-state index in [-0.39, 0.29) is 12.8 Å². The van der Waals surface area contributed by atoms with E-state index in [1.54, 1.807) is 0 Å². The Kier molecular flexibility index (Phi) is 31.5. The van der Waals surface area contributed by atoms with Gasteiger partial charge in [0.2, 0.25) is 0 Å². The molecular weight excluding hydrogens is 755 g/mol. The van der Waals surface area contributed by atoms with Gasteiger partial charge in [-0.15, -0.1) is 0 Å². The zero-order valence-corrected chi connectivity index (χ0v) is 35.8. The fourth-order valence-electron chi connectivity index (χ4n) is 6.37. The smallest absolute Gasteiger partial charge is 0.462 e. The van der Waals surface area contributed by atoms with Crippen LogP contribution in [0.2, 0.25) is 0 Å². The summed E-state index contributed by atoms with van der Waals surface area (Å²) in [6, 6.07) is 0. The molecule has 13 nitrogen and oxygen atoms in total. The van der Waals surface area contributed by atoms with Crippen LogP contribution in [0.4, 0.5) is 0 Å². The molecule has 0 heterocycles.